The normalized spacial score (nSPS) is 23.3. The SMILES string of the molecule is O=C1CCc2ccc(F)cc2N1CC1CCCN1. The van der Waals surface area contributed by atoms with E-state index in [2.05, 4.69) is 5.32 Å². The molecule has 0 saturated carbocycles. The average molecular weight is 248 g/mol. The predicted octanol–water partition coefficient (Wildman–Crippen LogP) is 1.86. The quantitative estimate of drug-likeness (QED) is 0.866. The molecule has 0 aliphatic carbocycles. The fourth-order valence-electron chi connectivity index (χ4n) is 2.84. The molecule has 18 heavy (non-hydrogen) atoms. The molecule has 96 valence electrons. The van der Waals surface area contributed by atoms with Crippen molar-refractivity contribution in [3.05, 3.63) is 29.6 Å². The maximum Gasteiger partial charge on any atom is 0.227 e. The van der Waals surface area contributed by atoms with E-state index in [-0.39, 0.29) is 11.7 Å². The van der Waals surface area contributed by atoms with Crippen molar-refractivity contribution in [1.82, 2.24) is 5.32 Å². The van der Waals surface area contributed by atoms with E-state index in [0.29, 0.717) is 19.0 Å². The Labute approximate surface area is 106 Å². The first-order valence-corrected chi connectivity index (χ1v) is 6.56. The number of aryl methyl sites for hydroxylation is 1. The molecule has 3 rings (SSSR count). The topological polar surface area (TPSA) is 32.3 Å². The molecule has 2 aliphatic rings. The maximum atomic E-state index is 13.4. The van der Waals surface area contributed by atoms with Gasteiger partial charge in [-0.2, -0.15) is 0 Å². The third kappa shape index (κ3) is 2.12. The summed E-state index contributed by atoms with van der Waals surface area (Å²) in [7, 11) is 0. The average Bonchev–Trinajstić information content (AvgIpc) is 2.86. The molecule has 0 radical (unpaired) electrons. The van der Waals surface area contributed by atoms with Crippen molar-refractivity contribution in [2.45, 2.75) is 31.7 Å². The van der Waals surface area contributed by atoms with Crippen molar-refractivity contribution < 1.29 is 9.18 Å². The van der Waals surface area contributed by atoms with E-state index in [4.69, 9.17) is 0 Å². The molecule has 4 heteroatoms. The van der Waals surface area contributed by atoms with Gasteiger partial charge < -0.3 is 10.2 Å². The molecule has 1 N–H and O–H groups in total. The standard InChI is InChI=1S/C14H17FN2O/c15-11-5-3-10-4-6-14(18)17(13(10)8-11)9-12-2-1-7-16-12/h3,5,8,12,16H,1-2,4,6-7,9H2. The van der Waals surface area contributed by atoms with Crippen LogP contribution >= 0.6 is 0 Å². The number of nitrogens with one attached hydrogen (secondary N) is 1. The van der Waals surface area contributed by atoms with E-state index < -0.39 is 0 Å². The highest BCUT2D eigenvalue weighted by molar-refractivity contribution is 5.96. The summed E-state index contributed by atoms with van der Waals surface area (Å²) in [5.74, 6) is -0.158. The number of amides is 1. The van der Waals surface area contributed by atoms with Gasteiger partial charge in [0.05, 0.1) is 0 Å². The van der Waals surface area contributed by atoms with E-state index in [0.717, 1.165) is 37.1 Å². The summed E-state index contributed by atoms with van der Waals surface area (Å²) < 4.78 is 13.4. The van der Waals surface area contributed by atoms with Crippen LogP contribution in [0.3, 0.4) is 0 Å². The number of anilines is 1. The Bertz CT molecular complexity index is 469. The lowest BCUT2D eigenvalue weighted by atomic mass is 10.00. The van der Waals surface area contributed by atoms with Gasteiger partial charge in [0.25, 0.3) is 0 Å². The van der Waals surface area contributed by atoms with Crippen LogP contribution in [0.5, 0.6) is 0 Å². The minimum Gasteiger partial charge on any atom is -0.312 e. The van der Waals surface area contributed by atoms with Crippen molar-refractivity contribution in [2.24, 2.45) is 0 Å². The van der Waals surface area contributed by atoms with Gasteiger partial charge in [-0.05, 0) is 43.5 Å². The van der Waals surface area contributed by atoms with Gasteiger partial charge in [-0.25, -0.2) is 4.39 Å². The lowest BCUT2D eigenvalue weighted by Crippen LogP contribution is -2.43. The summed E-state index contributed by atoms with van der Waals surface area (Å²) in [6.07, 6.45) is 3.51. The van der Waals surface area contributed by atoms with Crippen molar-refractivity contribution in [3.63, 3.8) is 0 Å². The number of carbonyl (C=O) groups excluding carboxylic acids is 1. The van der Waals surface area contributed by atoms with Crippen molar-refractivity contribution in [3.8, 4) is 0 Å². The van der Waals surface area contributed by atoms with E-state index in [9.17, 15) is 9.18 Å². The van der Waals surface area contributed by atoms with Gasteiger partial charge in [0, 0.05) is 24.7 Å². The van der Waals surface area contributed by atoms with Crippen LogP contribution in [0.2, 0.25) is 0 Å². The van der Waals surface area contributed by atoms with Crippen LogP contribution in [0.15, 0.2) is 18.2 Å². The summed E-state index contributed by atoms with van der Waals surface area (Å²) in [5.41, 5.74) is 1.84. The Kier molecular flexibility index (Phi) is 3.04. The van der Waals surface area contributed by atoms with Crippen LogP contribution in [-0.2, 0) is 11.2 Å². The van der Waals surface area contributed by atoms with Gasteiger partial charge in [0.2, 0.25) is 5.91 Å². The van der Waals surface area contributed by atoms with Gasteiger partial charge in [-0.1, -0.05) is 6.07 Å². The van der Waals surface area contributed by atoms with Crippen molar-refractivity contribution in [2.75, 3.05) is 18.0 Å². The molecule has 2 aliphatic heterocycles. The number of fused-ring (bicyclic) bond motifs is 1. The molecule has 1 atom stereocenters. The molecule has 3 nitrogen and oxygen atoms in total. The summed E-state index contributed by atoms with van der Waals surface area (Å²) in [6.45, 7) is 1.68. The van der Waals surface area contributed by atoms with Crippen LogP contribution in [0.1, 0.15) is 24.8 Å². The van der Waals surface area contributed by atoms with E-state index in [1.54, 1.807) is 11.0 Å². The highest BCUT2D eigenvalue weighted by atomic mass is 19.1. The molecule has 1 aromatic carbocycles. The maximum absolute atomic E-state index is 13.4. The summed E-state index contributed by atoms with van der Waals surface area (Å²) >= 11 is 0. The second-order valence-electron chi connectivity index (χ2n) is 5.07. The smallest absolute Gasteiger partial charge is 0.227 e. The largest absolute Gasteiger partial charge is 0.312 e. The molecule has 1 aromatic rings. The number of hydrogen-bond acceptors (Lipinski definition) is 2. The number of carbonyl (C=O) groups is 1. The Morgan fingerprint density at radius 2 is 2.28 bits per heavy atom. The predicted molar refractivity (Wildman–Crippen MR) is 68.1 cm³/mol. The van der Waals surface area contributed by atoms with Crippen molar-refractivity contribution >= 4 is 11.6 Å². The number of nitrogens with zero attached hydrogens (tertiary/aromatic N) is 1. The van der Waals surface area contributed by atoms with Gasteiger partial charge in [-0.15, -0.1) is 0 Å². The Morgan fingerprint density at radius 3 is 3.06 bits per heavy atom. The molecule has 0 aromatic heterocycles. The van der Waals surface area contributed by atoms with Gasteiger partial charge in [-0.3, -0.25) is 4.79 Å². The van der Waals surface area contributed by atoms with Crippen LogP contribution in [0, 0.1) is 5.82 Å². The van der Waals surface area contributed by atoms with Crippen molar-refractivity contribution in [1.29, 1.82) is 0 Å². The Hall–Kier alpha value is -1.42. The van der Waals surface area contributed by atoms with Crippen LogP contribution in [0.4, 0.5) is 10.1 Å². The molecule has 0 bridgehead atoms. The number of benzene rings is 1. The van der Waals surface area contributed by atoms with Crippen LogP contribution in [0.25, 0.3) is 0 Å². The first kappa shape index (κ1) is 11.7. The Balaban J connectivity index is 1.88. The second-order valence-corrected chi connectivity index (χ2v) is 5.07. The monoisotopic (exact) mass is 248 g/mol. The molecular weight excluding hydrogens is 231 g/mol. The Morgan fingerprint density at radius 1 is 1.39 bits per heavy atom. The van der Waals surface area contributed by atoms with Gasteiger partial charge in [0.15, 0.2) is 0 Å². The van der Waals surface area contributed by atoms with Crippen LogP contribution in [-0.4, -0.2) is 25.0 Å². The molecule has 2 heterocycles. The highest BCUT2D eigenvalue weighted by Crippen LogP contribution is 2.29. The van der Waals surface area contributed by atoms with E-state index in [1.165, 1.54) is 12.1 Å². The fourth-order valence-corrected chi connectivity index (χ4v) is 2.84. The third-order valence-corrected chi connectivity index (χ3v) is 3.81. The summed E-state index contributed by atoms with van der Waals surface area (Å²) in [5, 5.41) is 3.38. The first-order valence-electron chi connectivity index (χ1n) is 6.56. The fraction of sp³-hybridized carbons (Fsp3) is 0.500. The molecule has 1 amide bonds. The third-order valence-electron chi connectivity index (χ3n) is 3.81. The summed E-state index contributed by atoms with van der Waals surface area (Å²) in [4.78, 5) is 13.8. The van der Waals surface area contributed by atoms with E-state index >= 15 is 0 Å². The number of rotatable bonds is 2. The van der Waals surface area contributed by atoms with E-state index in [1.807, 2.05) is 0 Å². The lowest BCUT2D eigenvalue weighted by Gasteiger charge is -2.31. The zero-order valence-corrected chi connectivity index (χ0v) is 10.3. The number of hydrogen-bond donors (Lipinski definition) is 1. The first-order chi connectivity index (χ1) is 8.74. The molecule has 0 spiro atoms. The van der Waals surface area contributed by atoms with Gasteiger partial charge >= 0.3 is 0 Å². The molecule has 1 unspecified atom stereocenters. The minimum absolute atomic E-state index is 0.113. The van der Waals surface area contributed by atoms with Gasteiger partial charge in [0.1, 0.15) is 5.82 Å². The zero-order chi connectivity index (χ0) is 12.5. The lowest BCUT2D eigenvalue weighted by molar-refractivity contribution is -0.119. The molecular formula is C14H17FN2O. The summed E-state index contributed by atoms with van der Waals surface area (Å²) in [6, 6.07) is 5.11. The zero-order valence-electron chi connectivity index (χ0n) is 10.3. The second kappa shape index (κ2) is 4.69. The molecule has 1 fully saturated rings. The molecule has 1 saturated heterocycles. The van der Waals surface area contributed by atoms with Crippen LogP contribution < -0.4 is 10.2 Å². The number of halogens is 1. The minimum atomic E-state index is -0.271. The highest BCUT2D eigenvalue weighted by Gasteiger charge is 2.27.